The number of anilines is 1. The van der Waals surface area contributed by atoms with Crippen molar-refractivity contribution < 1.29 is 17.2 Å². The van der Waals surface area contributed by atoms with E-state index in [9.17, 15) is 17.2 Å². The van der Waals surface area contributed by atoms with Crippen molar-refractivity contribution in [2.45, 2.75) is 17.9 Å². The molecular formula is C15H13F2NO2S. The van der Waals surface area contributed by atoms with Gasteiger partial charge in [-0.3, -0.25) is 0 Å². The van der Waals surface area contributed by atoms with Crippen molar-refractivity contribution in [3.05, 3.63) is 59.2 Å². The van der Waals surface area contributed by atoms with Crippen LogP contribution < -0.4 is 5.32 Å². The van der Waals surface area contributed by atoms with Gasteiger partial charge in [0.1, 0.15) is 11.6 Å². The molecule has 0 bridgehead atoms. The molecule has 3 nitrogen and oxygen atoms in total. The van der Waals surface area contributed by atoms with E-state index in [2.05, 4.69) is 5.32 Å². The van der Waals surface area contributed by atoms with E-state index in [4.69, 9.17) is 0 Å². The fourth-order valence-corrected chi connectivity index (χ4v) is 4.25. The highest BCUT2D eigenvalue weighted by atomic mass is 32.2. The standard InChI is InChI=1S/C15H13F2NO2S/c1-9-6-12(17)13(7-11(9)16)18-14-8-21(19,20)15-5-3-2-4-10(14)15/h2-7,14,18H,8H2,1H3. The Morgan fingerprint density at radius 3 is 2.62 bits per heavy atom. The molecule has 1 N–H and O–H groups in total. The zero-order valence-electron chi connectivity index (χ0n) is 11.2. The third-order valence-electron chi connectivity index (χ3n) is 3.59. The molecule has 110 valence electrons. The summed E-state index contributed by atoms with van der Waals surface area (Å²) >= 11 is 0. The SMILES string of the molecule is Cc1cc(F)c(NC2CS(=O)(=O)c3ccccc32)cc1F. The van der Waals surface area contributed by atoms with E-state index in [-0.39, 0.29) is 21.9 Å². The molecule has 0 amide bonds. The minimum atomic E-state index is -3.38. The molecule has 2 aromatic carbocycles. The van der Waals surface area contributed by atoms with Crippen LogP contribution in [-0.2, 0) is 9.84 Å². The summed E-state index contributed by atoms with van der Waals surface area (Å²) in [5.41, 5.74) is 0.755. The summed E-state index contributed by atoms with van der Waals surface area (Å²) in [6.07, 6.45) is 0. The lowest BCUT2D eigenvalue weighted by Crippen LogP contribution is -2.14. The smallest absolute Gasteiger partial charge is 0.181 e. The zero-order chi connectivity index (χ0) is 15.2. The van der Waals surface area contributed by atoms with E-state index < -0.39 is 27.5 Å². The Balaban J connectivity index is 2.00. The van der Waals surface area contributed by atoms with Gasteiger partial charge in [-0.15, -0.1) is 0 Å². The fourth-order valence-electron chi connectivity index (χ4n) is 2.51. The van der Waals surface area contributed by atoms with E-state index in [0.29, 0.717) is 5.56 Å². The first kappa shape index (κ1) is 14.0. The summed E-state index contributed by atoms with van der Waals surface area (Å²) in [5, 5.41) is 2.79. The van der Waals surface area contributed by atoms with Crippen LogP contribution in [0.4, 0.5) is 14.5 Å². The first-order chi connectivity index (χ1) is 9.88. The monoisotopic (exact) mass is 309 g/mol. The number of fused-ring (bicyclic) bond motifs is 1. The molecule has 0 aromatic heterocycles. The second-order valence-electron chi connectivity index (χ2n) is 5.10. The first-order valence-electron chi connectivity index (χ1n) is 6.42. The van der Waals surface area contributed by atoms with Crippen LogP contribution in [0.25, 0.3) is 0 Å². The van der Waals surface area contributed by atoms with Gasteiger partial charge >= 0.3 is 0 Å². The molecule has 1 atom stereocenters. The maximum absolute atomic E-state index is 13.9. The molecule has 1 unspecified atom stereocenters. The maximum Gasteiger partial charge on any atom is 0.181 e. The summed E-state index contributed by atoms with van der Waals surface area (Å²) in [4.78, 5) is 0.246. The summed E-state index contributed by atoms with van der Waals surface area (Å²) in [6, 6.07) is 8.14. The van der Waals surface area contributed by atoms with Crippen LogP contribution in [0.1, 0.15) is 17.2 Å². The number of benzene rings is 2. The highest BCUT2D eigenvalue weighted by Gasteiger charge is 2.34. The summed E-state index contributed by atoms with van der Waals surface area (Å²) < 4.78 is 51.5. The number of hydrogen-bond donors (Lipinski definition) is 1. The molecule has 2 aromatic rings. The molecule has 0 saturated heterocycles. The number of sulfone groups is 1. The van der Waals surface area contributed by atoms with Gasteiger partial charge in [-0.1, -0.05) is 18.2 Å². The average molecular weight is 309 g/mol. The van der Waals surface area contributed by atoms with E-state index in [1.165, 1.54) is 13.0 Å². The molecule has 1 aliphatic rings. The van der Waals surface area contributed by atoms with E-state index in [1.54, 1.807) is 18.2 Å². The molecule has 0 fully saturated rings. The number of aryl methyl sites for hydroxylation is 1. The van der Waals surface area contributed by atoms with Crippen molar-refractivity contribution in [1.82, 2.24) is 0 Å². The third kappa shape index (κ3) is 2.40. The van der Waals surface area contributed by atoms with Crippen molar-refractivity contribution in [2.24, 2.45) is 0 Å². The van der Waals surface area contributed by atoms with Gasteiger partial charge in [-0.25, -0.2) is 17.2 Å². The number of rotatable bonds is 2. The molecular weight excluding hydrogens is 296 g/mol. The van der Waals surface area contributed by atoms with Crippen LogP contribution in [0.5, 0.6) is 0 Å². The Morgan fingerprint density at radius 2 is 1.86 bits per heavy atom. The summed E-state index contributed by atoms with van der Waals surface area (Å²) in [7, 11) is -3.38. The first-order valence-corrected chi connectivity index (χ1v) is 8.07. The van der Waals surface area contributed by atoms with Crippen molar-refractivity contribution in [2.75, 3.05) is 11.1 Å². The largest absolute Gasteiger partial charge is 0.375 e. The normalized spacial score (nSPS) is 19.3. The molecule has 6 heteroatoms. The predicted molar refractivity (Wildman–Crippen MR) is 76.0 cm³/mol. The van der Waals surface area contributed by atoms with E-state index in [0.717, 1.165) is 12.1 Å². The molecule has 21 heavy (non-hydrogen) atoms. The Hall–Kier alpha value is -1.95. The van der Waals surface area contributed by atoms with E-state index >= 15 is 0 Å². The van der Waals surface area contributed by atoms with Gasteiger partial charge in [-0.05, 0) is 30.2 Å². The number of nitrogens with one attached hydrogen (secondary N) is 1. The van der Waals surface area contributed by atoms with Gasteiger partial charge in [0.05, 0.1) is 22.4 Å². The van der Waals surface area contributed by atoms with Crippen LogP contribution in [0.15, 0.2) is 41.3 Å². The van der Waals surface area contributed by atoms with Gasteiger partial charge in [0, 0.05) is 6.07 Å². The minimum absolute atomic E-state index is 0.0324. The van der Waals surface area contributed by atoms with Gasteiger partial charge in [0.2, 0.25) is 0 Å². The third-order valence-corrected chi connectivity index (χ3v) is 5.41. The lowest BCUT2D eigenvalue weighted by molar-refractivity contribution is 0.591. The Morgan fingerprint density at radius 1 is 1.14 bits per heavy atom. The van der Waals surface area contributed by atoms with Crippen molar-refractivity contribution in [3.8, 4) is 0 Å². The highest BCUT2D eigenvalue weighted by Crippen LogP contribution is 2.36. The lowest BCUT2D eigenvalue weighted by Gasteiger charge is -2.15. The minimum Gasteiger partial charge on any atom is -0.375 e. The Labute approximate surface area is 121 Å². The number of halogens is 2. The van der Waals surface area contributed by atoms with Gasteiger partial charge in [0.15, 0.2) is 9.84 Å². The average Bonchev–Trinajstić information content (AvgIpc) is 2.68. The highest BCUT2D eigenvalue weighted by molar-refractivity contribution is 7.91. The molecule has 1 aliphatic heterocycles. The number of hydrogen-bond acceptors (Lipinski definition) is 3. The maximum atomic E-state index is 13.9. The zero-order valence-corrected chi connectivity index (χ0v) is 12.0. The quantitative estimate of drug-likeness (QED) is 0.926. The molecule has 0 radical (unpaired) electrons. The second-order valence-corrected chi connectivity index (χ2v) is 7.10. The van der Waals surface area contributed by atoms with Crippen LogP contribution in [-0.4, -0.2) is 14.2 Å². The topological polar surface area (TPSA) is 46.2 Å². The van der Waals surface area contributed by atoms with Crippen LogP contribution >= 0.6 is 0 Å². The second kappa shape index (κ2) is 4.80. The molecule has 0 aliphatic carbocycles. The Bertz CT molecular complexity index is 818. The summed E-state index contributed by atoms with van der Waals surface area (Å²) in [5.74, 6) is -1.30. The van der Waals surface area contributed by atoms with Crippen LogP contribution in [0.2, 0.25) is 0 Å². The summed E-state index contributed by atoms with van der Waals surface area (Å²) in [6.45, 7) is 1.47. The van der Waals surface area contributed by atoms with Gasteiger partial charge < -0.3 is 5.32 Å². The molecule has 0 saturated carbocycles. The lowest BCUT2D eigenvalue weighted by atomic mass is 10.1. The molecule has 0 spiro atoms. The van der Waals surface area contributed by atoms with Gasteiger partial charge in [-0.2, -0.15) is 0 Å². The van der Waals surface area contributed by atoms with E-state index in [1.807, 2.05) is 0 Å². The predicted octanol–water partition coefficient (Wildman–Crippen LogP) is 3.21. The van der Waals surface area contributed by atoms with Crippen molar-refractivity contribution in [3.63, 3.8) is 0 Å². The van der Waals surface area contributed by atoms with Crippen molar-refractivity contribution >= 4 is 15.5 Å². The van der Waals surface area contributed by atoms with Crippen LogP contribution in [0.3, 0.4) is 0 Å². The fraction of sp³-hybridized carbons (Fsp3) is 0.200. The molecule has 3 rings (SSSR count). The van der Waals surface area contributed by atoms with Crippen molar-refractivity contribution in [1.29, 1.82) is 0 Å². The molecule has 1 heterocycles. The van der Waals surface area contributed by atoms with Crippen LogP contribution in [0, 0.1) is 18.6 Å². The Kier molecular flexibility index (Phi) is 3.20. The van der Waals surface area contributed by atoms with Gasteiger partial charge in [0.25, 0.3) is 0 Å².